The highest BCUT2D eigenvalue weighted by Gasteiger charge is 2.46. The molecule has 0 aliphatic heterocycles. The molecule has 0 amide bonds. The van der Waals surface area contributed by atoms with Crippen molar-refractivity contribution in [1.29, 1.82) is 0 Å². The Labute approximate surface area is 98.0 Å². The fraction of sp³-hybridized carbons (Fsp3) is 0.636. The Hall–Kier alpha value is -0.320. The molecule has 2 N–H and O–H groups in total. The first-order chi connectivity index (χ1) is 7.00. The molecule has 2 rings (SSSR count). The molecule has 2 atom stereocenters. The zero-order valence-corrected chi connectivity index (χ0v) is 10.5. The van der Waals surface area contributed by atoms with E-state index in [-0.39, 0.29) is 11.5 Å². The van der Waals surface area contributed by atoms with Crippen LogP contribution in [-0.2, 0) is 6.54 Å². The monoisotopic (exact) mass is 273 g/mol. The van der Waals surface area contributed by atoms with E-state index in [0.29, 0.717) is 12.6 Å². The van der Waals surface area contributed by atoms with Gasteiger partial charge >= 0.3 is 0 Å². The van der Waals surface area contributed by atoms with Crippen molar-refractivity contribution < 1.29 is 9.52 Å². The molecule has 1 aromatic rings. The highest BCUT2D eigenvalue weighted by Crippen LogP contribution is 2.40. The molecular formula is C11H16BrNO2. The summed E-state index contributed by atoms with van der Waals surface area (Å²) in [7, 11) is 0. The van der Waals surface area contributed by atoms with Gasteiger partial charge in [-0.25, -0.2) is 0 Å². The molecule has 0 aromatic carbocycles. The van der Waals surface area contributed by atoms with Crippen molar-refractivity contribution in [3.63, 3.8) is 0 Å². The molecule has 1 aliphatic carbocycles. The van der Waals surface area contributed by atoms with Crippen molar-refractivity contribution in [2.75, 3.05) is 0 Å². The second kappa shape index (κ2) is 3.92. The van der Waals surface area contributed by atoms with Gasteiger partial charge in [-0.05, 0) is 34.5 Å². The van der Waals surface area contributed by atoms with Crippen LogP contribution in [0.4, 0.5) is 0 Å². The number of hydrogen-bond donors (Lipinski definition) is 2. The summed E-state index contributed by atoms with van der Waals surface area (Å²) in [6.07, 6.45) is 0.646. The zero-order valence-electron chi connectivity index (χ0n) is 8.96. The maximum Gasteiger partial charge on any atom is 0.169 e. The largest absolute Gasteiger partial charge is 0.453 e. The quantitative estimate of drug-likeness (QED) is 0.889. The van der Waals surface area contributed by atoms with Crippen LogP contribution >= 0.6 is 15.9 Å². The van der Waals surface area contributed by atoms with Gasteiger partial charge in [0.15, 0.2) is 4.67 Å². The van der Waals surface area contributed by atoms with Crippen LogP contribution in [0.5, 0.6) is 0 Å². The molecule has 0 spiro atoms. The Bertz CT molecular complexity index is 348. The molecule has 3 nitrogen and oxygen atoms in total. The number of aliphatic hydroxyl groups excluding tert-OH is 1. The van der Waals surface area contributed by atoms with Crippen molar-refractivity contribution in [2.45, 2.75) is 39.0 Å². The van der Waals surface area contributed by atoms with Gasteiger partial charge in [0.25, 0.3) is 0 Å². The molecule has 0 saturated heterocycles. The Morgan fingerprint density at radius 2 is 2.33 bits per heavy atom. The van der Waals surface area contributed by atoms with Crippen molar-refractivity contribution in [1.82, 2.24) is 5.32 Å². The molecule has 1 fully saturated rings. The van der Waals surface area contributed by atoms with Gasteiger partial charge in [0, 0.05) is 11.5 Å². The van der Waals surface area contributed by atoms with Gasteiger partial charge in [-0.1, -0.05) is 13.8 Å². The first-order valence-corrected chi connectivity index (χ1v) is 5.95. The van der Waals surface area contributed by atoms with Crippen LogP contribution in [-0.4, -0.2) is 17.3 Å². The van der Waals surface area contributed by atoms with Crippen molar-refractivity contribution in [3.05, 3.63) is 22.6 Å². The molecule has 1 heterocycles. The summed E-state index contributed by atoms with van der Waals surface area (Å²) in [6.45, 7) is 4.88. The minimum Gasteiger partial charge on any atom is -0.453 e. The van der Waals surface area contributed by atoms with Crippen molar-refractivity contribution in [2.24, 2.45) is 5.41 Å². The van der Waals surface area contributed by atoms with Crippen LogP contribution in [0.1, 0.15) is 26.0 Å². The SMILES string of the molecule is CC1(C)C(O)CC1NCc1ccc(Br)o1. The van der Waals surface area contributed by atoms with E-state index in [1.165, 1.54) is 0 Å². The fourth-order valence-corrected chi connectivity index (χ4v) is 2.26. The van der Waals surface area contributed by atoms with E-state index < -0.39 is 0 Å². The summed E-state index contributed by atoms with van der Waals surface area (Å²) >= 11 is 3.27. The van der Waals surface area contributed by atoms with E-state index in [2.05, 4.69) is 35.1 Å². The Morgan fingerprint density at radius 3 is 2.80 bits per heavy atom. The third-order valence-electron chi connectivity index (χ3n) is 3.37. The highest BCUT2D eigenvalue weighted by atomic mass is 79.9. The lowest BCUT2D eigenvalue weighted by molar-refractivity contribution is -0.0734. The molecular weight excluding hydrogens is 258 g/mol. The summed E-state index contributed by atoms with van der Waals surface area (Å²) in [5, 5.41) is 13.0. The Kier molecular flexibility index (Phi) is 2.92. The highest BCUT2D eigenvalue weighted by molar-refractivity contribution is 9.10. The second-order valence-electron chi connectivity index (χ2n) is 4.71. The minimum absolute atomic E-state index is 0.0240. The normalized spacial score (nSPS) is 28.8. The Balaban J connectivity index is 1.85. The molecule has 0 radical (unpaired) electrons. The molecule has 15 heavy (non-hydrogen) atoms. The van der Waals surface area contributed by atoms with Crippen LogP contribution in [0.15, 0.2) is 21.2 Å². The third-order valence-corrected chi connectivity index (χ3v) is 3.79. The van der Waals surface area contributed by atoms with E-state index in [0.717, 1.165) is 16.9 Å². The first-order valence-electron chi connectivity index (χ1n) is 5.16. The van der Waals surface area contributed by atoms with Gasteiger partial charge in [0.05, 0.1) is 12.6 Å². The predicted octanol–water partition coefficient (Wildman–Crippen LogP) is 2.29. The molecule has 84 valence electrons. The summed E-state index contributed by atoms with van der Waals surface area (Å²) < 4.78 is 6.15. The lowest BCUT2D eigenvalue weighted by atomic mass is 9.64. The molecule has 2 unspecified atom stereocenters. The minimum atomic E-state index is -0.182. The predicted molar refractivity (Wildman–Crippen MR) is 61.4 cm³/mol. The van der Waals surface area contributed by atoms with E-state index in [4.69, 9.17) is 4.42 Å². The van der Waals surface area contributed by atoms with Gasteiger partial charge in [-0.2, -0.15) is 0 Å². The third kappa shape index (κ3) is 2.12. The van der Waals surface area contributed by atoms with E-state index in [1.54, 1.807) is 0 Å². The Morgan fingerprint density at radius 1 is 1.60 bits per heavy atom. The number of hydrogen-bond acceptors (Lipinski definition) is 3. The van der Waals surface area contributed by atoms with Gasteiger partial charge in [0.2, 0.25) is 0 Å². The molecule has 1 saturated carbocycles. The number of halogens is 1. The van der Waals surface area contributed by atoms with Gasteiger partial charge in [-0.3, -0.25) is 0 Å². The average molecular weight is 274 g/mol. The summed E-state index contributed by atoms with van der Waals surface area (Å²) in [4.78, 5) is 0. The number of furan rings is 1. The lowest BCUT2D eigenvalue weighted by Gasteiger charge is -2.49. The first kappa shape index (κ1) is 11.2. The maximum atomic E-state index is 9.58. The molecule has 1 aliphatic rings. The van der Waals surface area contributed by atoms with Crippen molar-refractivity contribution >= 4 is 15.9 Å². The summed E-state index contributed by atoms with van der Waals surface area (Å²) in [6, 6.07) is 4.20. The van der Waals surface area contributed by atoms with Gasteiger partial charge < -0.3 is 14.8 Å². The summed E-state index contributed by atoms with van der Waals surface area (Å²) in [5.74, 6) is 0.916. The standard InChI is InChI=1S/C11H16BrNO2/c1-11(2)8(5-9(11)14)13-6-7-3-4-10(12)15-7/h3-4,8-9,13-14H,5-6H2,1-2H3. The van der Waals surface area contributed by atoms with Crippen LogP contribution in [0.3, 0.4) is 0 Å². The van der Waals surface area contributed by atoms with E-state index in [1.807, 2.05) is 12.1 Å². The topological polar surface area (TPSA) is 45.4 Å². The smallest absolute Gasteiger partial charge is 0.169 e. The molecule has 1 aromatic heterocycles. The number of rotatable bonds is 3. The zero-order chi connectivity index (χ0) is 11.1. The molecule has 0 bridgehead atoms. The van der Waals surface area contributed by atoms with Gasteiger partial charge in [0.1, 0.15) is 5.76 Å². The van der Waals surface area contributed by atoms with Crippen LogP contribution in [0.25, 0.3) is 0 Å². The maximum absolute atomic E-state index is 9.58. The van der Waals surface area contributed by atoms with E-state index in [9.17, 15) is 5.11 Å². The lowest BCUT2D eigenvalue weighted by Crippen LogP contribution is -2.59. The van der Waals surface area contributed by atoms with Gasteiger partial charge in [-0.15, -0.1) is 0 Å². The van der Waals surface area contributed by atoms with Crippen LogP contribution in [0.2, 0.25) is 0 Å². The molecule has 4 heteroatoms. The number of nitrogens with one attached hydrogen (secondary N) is 1. The van der Waals surface area contributed by atoms with E-state index >= 15 is 0 Å². The number of aliphatic hydroxyl groups is 1. The fourth-order valence-electron chi connectivity index (χ4n) is 1.92. The average Bonchev–Trinajstić information content (AvgIpc) is 2.58. The van der Waals surface area contributed by atoms with Crippen LogP contribution < -0.4 is 5.32 Å². The van der Waals surface area contributed by atoms with Crippen LogP contribution in [0, 0.1) is 5.41 Å². The second-order valence-corrected chi connectivity index (χ2v) is 5.49. The summed E-state index contributed by atoms with van der Waals surface area (Å²) in [5.41, 5.74) is -0.0240. The van der Waals surface area contributed by atoms with Crippen molar-refractivity contribution in [3.8, 4) is 0 Å².